The molecule has 1 radical (unpaired) electrons. The van der Waals surface area contributed by atoms with Gasteiger partial charge in [-0.15, -0.1) is 0 Å². The molecule has 5 nitrogen and oxygen atoms in total. The van der Waals surface area contributed by atoms with E-state index >= 15 is 0 Å². The molecule has 0 spiro atoms. The maximum atomic E-state index is 10.1. The van der Waals surface area contributed by atoms with Gasteiger partial charge in [0.1, 0.15) is 5.97 Å². The fraction of sp³-hybridized carbons (Fsp3) is 0.400. The van der Waals surface area contributed by atoms with Gasteiger partial charge in [-0.05, 0) is 6.42 Å². The van der Waals surface area contributed by atoms with Crippen molar-refractivity contribution >= 4 is 17.7 Å². The number of hydrogen-bond donors (Lipinski definition) is 0. The van der Waals surface area contributed by atoms with Gasteiger partial charge in [-0.2, -0.15) is 0 Å². The zero-order valence-corrected chi connectivity index (χ0v) is 6.51. The van der Waals surface area contributed by atoms with E-state index in [2.05, 4.69) is 0 Å². The van der Waals surface area contributed by atoms with Crippen LogP contribution in [0.2, 0.25) is 0 Å². The molecule has 0 aliphatic rings. The Morgan fingerprint density at radius 1 is 1.00 bits per heavy atom. The number of hydrogen-bond acceptors (Lipinski definition) is 5. The van der Waals surface area contributed by atoms with E-state index in [1.54, 1.807) is 0 Å². The molecule has 0 aromatic rings. The van der Waals surface area contributed by atoms with Crippen molar-refractivity contribution in [2.75, 3.05) is 0 Å². The van der Waals surface area contributed by atoms with E-state index < -0.39 is 30.6 Å². The molecule has 0 aliphatic heterocycles. The zero-order valence-electron chi connectivity index (χ0n) is 5.33. The van der Waals surface area contributed by atoms with Crippen LogP contribution in [0.15, 0.2) is 0 Å². The molecular formula is C5H4MnO5. The van der Waals surface area contributed by atoms with Crippen molar-refractivity contribution in [1.29, 1.82) is 0 Å². The van der Waals surface area contributed by atoms with Crippen LogP contribution < -0.4 is 10.2 Å². The monoisotopic (exact) mass is 199 g/mol. The minimum atomic E-state index is -1.86. The SMILES string of the molecule is O=C([O-])CCC(=O)C(=O)[O-].[Mn+2]. The average molecular weight is 199 g/mol. The van der Waals surface area contributed by atoms with Crippen LogP contribution in [0.1, 0.15) is 12.8 Å². The Morgan fingerprint density at radius 3 is 1.73 bits per heavy atom. The first-order chi connectivity index (χ1) is 4.54. The molecule has 0 fully saturated rings. The quantitative estimate of drug-likeness (QED) is 0.351. The van der Waals surface area contributed by atoms with Crippen molar-refractivity contribution in [1.82, 2.24) is 0 Å². The number of aliphatic carboxylic acids is 2. The first kappa shape index (κ1) is 12.8. The normalized spacial score (nSPS) is 8.00. The summed E-state index contributed by atoms with van der Waals surface area (Å²) in [6.07, 6.45) is -1.14. The van der Waals surface area contributed by atoms with E-state index in [4.69, 9.17) is 0 Å². The summed E-state index contributed by atoms with van der Waals surface area (Å²) < 4.78 is 0. The molecule has 0 bridgehead atoms. The molecule has 0 amide bonds. The first-order valence-corrected chi connectivity index (χ1v) is 2.48. The van der Waals surface area contributed by atoms with Crippen LogP contribution in [0, 0.1) is 0 Å². The number of ketones is 1. The van der Waals surface area contributed by atoms with E-state index in [1.165, 1.54) is 0 Å². The van der Waals surface area contributed by atoms with Crippen LogP contribution >= 0.6 is 0 Å². The fourth-order valence-corrected chi connectivity index (χ4v) is 0.318. The third-order valence-electron chi connectivity index (χ3n) is 0.784. The number of carboxylic acids is 2. The van der Waals surface area contributed by atoms with Gasteiger partial charge >= 0.3 is 17.1 Å². The van der Waals surface area contributed by atoms with Gasteiger partial charge in [-0.1, -0.05) is 0 Å². The Morgan fingerprint density at radius 2 is 1.45 bits per heavy atom. The molecule has 0 atom stereocenters. The molecule has 11 heavy (non-hydrogen) atoms. The van der Waals surface area contributed by atoms with Crippen molar-refractivity contribution in [3.8, 4) is 0 Å². The molecule has 0 N–H and O–H groups in total. The maximum absolute atomic E-state index is 10.1. The third-order valence-corrected chi connectivity index (χ3v) is 0.784. The molecule has 0 aliphatic carbocycles. The van der Waals surface area contributed by atoms with Crippen LogP contribution in [-0.2, 0) is 31.5 Å². The summed E-state index contributed by atoms with van der Waals surface area (Å²) in [7, 11) is 0. The van der Waals surface area contributed by atoms with Gasteiger partial charge in [-0.3, -0.25) is 4.79 Å². The largest absolute Gasteiger partial charge is 2.00 e. The molecule has 6 heteroatoms. The van der Waals surface area contributed by atoms with Crippen molar-refractivity contribution in [2.45, 2.75) is 12.8 Å². The van der Waals surface area contributed by atoms with Crippen LogP contribution in [0.3, 0.4) is 0 Å². The fourth-order valence-electron chi connectivity index (χ4n) is 0.318. The minimum absolute atomic E-state index is 0. The number of carbonyl (C=O) groups excluding carboxylic acids is 3. The number of rotatable bonds is 4. The van der Waals surface area contributed by atoms with Gasteiger partial charge < -0.3 is 19.8 Å². The molecule has 0 saturated carbocycles. The summed E-state index contributed by atoms with van der Waals surface area (Å²) in [5, 5.41) is 19.3. The average Bonchev–Trinajstić information content (AvgIpc) is 1.82. The molecule has 0 heterocycles. The Balaban J connectivity index is 0. The van der Waals surface area contributed by atoms with Crippen LogP contribution in [0.4, 0.5) is 0 Å². The molecule has 0 rings (SSSR count). The van der Waals surface area contributed by atoms with E-state index in [0.29, 0.717) is 0 Å². The predicted octanol–water partition coefficient (Wildman–Crippen LogP) is -3.17. The van der Waals surface area contributed by atoms with E-state index in [-0.39, 0.29) is 17.1 Å². The topological polar surface area (TPSA) is 97.3 Å². The van der Waals surface area contributed by atoms with Gasteiger partial charge in [0.15, 0.2) is 5.78 Å². The molecule has 0 aromatic heterocycles. The van der Waals surface area contributed by atoms with Crippen molar-refractivity contribution in [3.05, 3.63) is 0 Å². The van der Waals surface area contributed by atoms with Crippen LogP contribution in [0.5, 0.6) is 0 Å². The van der Waals surface area contributed by atoms with Gasteiger partial charge in [0.25, 0.3) is 0 Å². The number of Topliss-reactive ketones (excluding diaryl/α,β-unsaturated/α-hetero) is 1. The van der Waals surface area contributed by atoms with Gasteiger partial charge in [0.05, 0.1) is 0 Å². The standard InChI is InChI=1S/C5H6O5.Mn/c6-3(5(9)10)1-2-4(7)8;/h1-2H2,(H,7,8)(H,9,10);/q;+2/p-2. The van der Waals surface area contributed by atoms with Crippen molar-refractivity contribution < 1.29 is 41.7 Å². The second-order valence-electron chi connectivity index (χ2n) is 1.58. The second-order valence-corrected chi connectivity index (χ2v) is 1.58. The third kappa shape index (κ3) is 7.02. The first-order valence-electron chi connectivity index (χ1n) is 2.48. The van der Waals surface area contributed by atoms with Crippen LogP contribution in [-0.4, -0.2) is 17.7 Å². The summed E-state index contributed by atoms with van der Waals surface area (Å²) >= 11 is 0. The summed E-state index contributed by atoms with van der Waals surface area (Å²) in [6.45, 7) is 0. The molecule has 0 saturated heterocycles. The Kier molecular flexibility index (Phi) is 6.83. The van der Waals surface area contributed by atoms with Gasteiger partial charge in [0, 0.05) is 12.4 Å². The maximum Gasteiger partial charge on any atom is 2.00 e. The molecule has 0 aromatic carbocycles. The molecule has 61 valence electrons. The summed E-state index contributed by atoms with van der Waals surface area (Å²) in [5.74, 6) is -4.53. The smallest absolute Gasteiger partial charge is 0.550 e. The molecular weight excluding hydrogens is 195 g/mol. The van der Waals surface area contributed by atoms with Gasteiger partial charge in [0.2, 0.25) is 0 Å². The van der Waals surface area contributed by atoms with Crippen LogP contribution in [0.25, 0.3) is 0 Å². The Bertz CT molecular complexity index is 176. The molecule has 0 unspecified atom stereocenters. The predicted molar refractivity (Wildman–Crippen MR) is 24.3 cm³/mol. The summed E-state index contributed by atoms with van der Waals surface area (Å²) in [5.41, 5.74) is 0. The van der Waals surface area contributed by atoms with Gasteiger partial charge in [-0.25, -0.2) is 0 Å². The Labute approximate surface area is 72.9 Å². The zero-order chi connectivity index (χ0) is 8.15. The Hall–Kier alpha value is -0.871. The number of carbonyl (C=O) groups is 3. The number of carboxylic acid groups (broad SMARTS) is 2. The summed E-state index contributed by atoms with van der Waals surface area (Å²) in [4.78, 5) is 29.4. The van der Waals surface area contributed by atoms with E-state index in [9.17, 15) is 24.6 Å². The van der Waals surface area contributed by atoms with Crippen molar-refractivity contribution in [3.63, 3.8) is 0 Å². The van der Waals surface area contributed by atoms with E-state index in [1.807, 2.05) is 0 Å². The van der Waals surface area contributed by atoms with Crippen molar-refractivity contribution in [2.24, 2.45) is 0 Å². The van der Waals surface area contributed by atoms with E-state index in [0.717, 1.165) is 0 Å². The summed E-state index contributed by atoms with van der Waals surface area (Å²) in [6, 6.07) is 0. The second kappa shape index (κ2) is 5.88. The minimum Gasteiger partial charge on any atom is -0.550 e.